The second-order valence-corrected chi connectivity index (χ2v) is 9.85. The molecule has 0 radical (unpaired) electrons. The van der Waals surface area contributed by atoms with E-state index in [9.17, 15) is 8.42 Å². The zero-order valence-electron chi connectivity index (χ0n) is 18.6. The van der Waals surface area contributed by atoms with Gasteiger partial charge in [0, 0.05) is 25.7 Å². The first-order valence-electron chi connectivity index (χ1n) is 9.95. The molecular weight excluding hydrogens is 517 g/mol. The van der Waals surface area contributed by atoms with Gasteiger partial charge in [-0.25, -0.2) is 13.1 Å². The van der Waals surface area contributed by atoms with E-state index in [-0.39, 0.29) is 30.0 Å². The standard InChI is InChI=1S/C20H35N5O3S.HI/c1-20(2,24-29(5,26)27)15-23-19(21-3)22-14-18(25-12-6-7-13-25)16-8-10-17(28-4)11-9-16;/h8-11,18,24H,6-7,12-15H2,1-5H3,(H2,21,22,23);1H. The first-order valence-corrected chi connectivity index (χ1v) is 11.8. The van der Waals surface area contributed by atoms with Crippen molar-refractivity contribution >= 4 is 40.0 Å². The molecule has 1 heterocycles. The lowest BCUT2D eigenvalue weighted by Crippen LogP contribution is -2.53. The largest absolute Gasteiger partial charge is 0.497 e. The second kappa shape index (κ2) is 12.1. The van der Waals surface area contributed by atoms with E-state index < -0.39 is 15.6 Å². The molecule has 0 amide bonds. The Labute approximate surface area is 198 Å². The van der Waals surface area contributed by atoms with Crippen molar-refractivity contribution in [2.75, 3.05) is 46.6 Å². The van der Waals surface area contributed by atoms with E-state index in [0.29, 0.717) is 19.0 Å². The highest BCUT2D eigenvalue weighted by Crippen LogP contribution is 2.26. The van der Waals surface area contributed by atoms with Gasteiger partial charge >= 0.3 is 0 Å². The quantitative estimate of drug-likeness (QED) is 0.246. The Hall–Kier alpha value is -1.11. The van der Waals surface area contributed by atoms with Crippen LogP contribution in [0.5, 0.6) is 5.75 Å². The maximum absolute atomic E-state index is 11.5. The molecule has 3 N–H and O–H groups in total. The van der Waals surface area contributed by atoms with Gasteiger partial charge in [-0.15, -0.1) is 24.0 Å². The van der Waals surface area contributed by atoms with Crippen LogP contribution in [0.1, 0.15) is 38.3 Å². The number of hydrogen-bond donors (Lipinski definition) is 3. The minimum Gasteiger partial charge on any atom is -0.497 e. The maximum atomic E-state index is 11.5. The van der Waals surface area contributed by atoms with Crippen LogP contribution in [0.4, 0.5) is 0 Å². The topological polar surface area (TPSA) is 95.1 Å². The van der Waals surface area contributed by atoms with Crippen LogP contribution in [0.2, 0.25) is 0 Å². The van der Waals surface area contributed by atoms with Crippen molar-refractivity contribution in [3.8, 4) is 5.75 Å². The van der Waals surface area contributed by atoms with Crippen molar-refractivity contribution < 1.29 is 13.2 Å². The van der Waals surface area contributed by atoms with Crippen LogP contribution in [0, 0.1) is 0 Å². The number of hydrogen-bond acceptors (Lipinski definition) is 5. The van der Waals surface area contributed by atoms with E-state index >= 15 is 0 Å². The van der Waals surface area contributed by atoms with E-state index in [1.165, 1.54) is 18.4 Å². The fourth-order valence-corrected chi connectivity index (χ4v) is 4.67. The van der Waals surface area contributed by atoms with Gasteiger partial charge < -0.3 is 15.4 Å². The third-order valence-electron chi connectivity index (χ3n) is 4.93. The molecule has 1 atom stereocenters. The fraction of sp³-hybridized carbons (Fsp3) is 0.650. The number of halogens is 1. The van der Waals surface area contributed by atoms with Crippen molar-refractivity contribution in [3.05, 3.63) is 29.8 Å². The fourth-order valence-electron chi connectivity index (χ4n) is 3.59. The summed E-state index contributed by atoms with van der Waals surface area (Å²) in [5, 5.41) is 6.62. The van der Waals surface area contributed by atoms with Crippen LogP contribution in [0.15, 0.2) is 29.3 Å². The molecule has 1 aliphatic rings. The molecule has 10 heteroatoms. The molecule has 1 aromatic rings. The van der Waals surface area contributed by atoms with Crippen molar-refractivity contribution in [2.24, 2.45) is 4.99 Å². The van der Waals surface area contributed by atoms with Gasteiger partial charge in [0.2, 0.25) is 10.0 Å². The van der Waals surface area contributed by atoms with Crippen LogP contribution >= 0.6 is 24.0 Å². The summed E-state index contributed by atoms with van der Waals surface area (Å²) in [6.07, 6.45) is 3.59. The summed E-state index contributed by atoms with van der Waals surface area (Å²) in [5.74, 6) is 1.49. The number of nitrogens with zero attached hydrogens (tertiary/aromatic N) is 2. The van der Waals surface area contributed by atoms with Crippen molar-refractivity contribution in [3.63, 3.8) is 0 Å². The van der Waals surface area contributed by atoms with E-state index in [4.69, 9.17) is 4.74 Å². The molecule has 1 aromatic carbocycles. The highest BCUT2D eigenvalue weighted by Gasteiger charge is 2.25. The molecule has 1 unspecified atom stereocenters. The highest BCUT2D eigenvalue weighted by molar-refractivity contribution is 14.0. The molecule has 30 heavy (non-hydrogen) atoms. The van der Waals surface area contributed by atoms with E-state index in [2.05, 4.69) is 37.4 Å². The minimum absolute atomic E-state index is 0. The molecule has 1 aliphatic heterocycles. The number of guanidine groups is 1. The monoisotopic (exact) mass is 553 g/mol. The number of ether oxygens (including phenoxy) is 1. The summed E-state index contributed by atoms with van der Waals surface area (Å²) >= 11 is 0. The summed E-state index contributed by atoms with van der Waals surface area (Å²) in [4.78, 5) is 6.77. The molecule has 0 aliphatic carbocycles. The molecule has 1 saturated heterocycles. The summed E-state index contributed by atoms with van der Waals surface area (Å²) < 4.78 is 31.0. The van der Waals surface area contributed by atoms with Gasteiger partial charge in [0.05, 0.1) is 19.4 Å². The van der Waals surface area contributed by atoms with Crippen LogP contribution < -0.4 is 20.1 Å². The van der Waals surface area contributed by atoms with Gasteiger partial charge in [-0.1, -0.05) is 12.1 Å². The molecule has 2 rings (SSSR count). The van der Waals surface area contributed by atoms with Gasteiger partial charge in [0.1, 0.15) is 5.75 Å². The summed E-state index contributed by atoms with van der Waals surface area (Å²) in [6.45, 7) is 6.94. The van der Waals surface area contributed by atoms with Gasteiger partial charge in [0.15, 0.2) is 5.96 Å². The molecule has 0 aromatic heterocycles. The zero-order chi connectivity index (χ0) is 21.5. The first-order chi connectivity index (χ1) is 13.6. The first kappa shape index (κ1) is 26.9. The zero-order valence-corrected chi connectivity index (χ0v) is 21.7. The van der Waals surface area contributed by atoms with E-state index in [0.717, 1.165) is 25.1 Å². The normalized spacial score (nSPS) is 16.6. The average molecular weight is 554 g/mol. The third-order valence-corrected chi connectivity index (χ3v) is 5.85. The van der Waals surface area contributed by atoms with Gasteiger partial charge in [-0.3, -0.25) is 9.89 Å². The predicted molar refractivity (Wildman–Crippen MR) is 133 cm³/mol. The number of methoxy groups -OCH3 is 1. The third kappa shape index (κ3) is 8.94. The van der Waals surface area contributed by atoms with Gasteiger partial charge in [-0.05, 0) is 57.5 Å². The minimum atomic E-state index is -3.28. The smallest absolute Gasteiger partial charge is 0.209 e. The number of aliphatic imine (C=N–C) groups is 1. The summed E-state index contributed by atoms with van der Waals surface area (Å²) in [6, 6.07) is 8.43. The van der Waals surface area contributed by atoms with Crippen molar-refractivity contribution in [1.29, 1.82) is 0 Å². The highest BCUT2D eigenvalue weighted by atomic mass is 127. The number of nitrogens with one attached hydrogen (secondary N) is 3. The Balaban J connectivity index is 0.00000450. The Bertz CT molecular complexity index is 778. The van der Waals surface area contributed by atoms with E-state index in [1.54, 1.807) is 14.2 Å². The van der Waals surface area contributed by atoms with Crippen LogP contribution in [-0.4, -0.2) is 71.4 Å². The molecule has 172 valence electrons. The Kier molecular flexibility index (Phi) is 10.8. The number of rotatable bonds is 9. The lowest BCUT2D eigenvalue weighted by atomic mass is 10.1. The molecule has 1 fully saturated rings. The van der Waals surface area contributed by atoms with Crippen molar-refractivity contribution in [2.45, 2.75) is 38.3 Å². The Morgan fingerprint density at radius 1 is 1.20 bits per heavy atom. The van der Waals surface area contributed by atoms with Crippen LogP contribution in [0.3, 0.4) is 0 Å². The Morgan fingerprint density at radius 2 is 1.80 bits per heavy atom. The average Bonchev–Trinajstić information content (AvgIpc) is 3.17. The molecule has 0 bridgehead atoms. The SMILES string of the molecule is CN=C(NCC(c1ccc(OC)cc1)N1CCCC1)NCC(C)(C)NS(C)(=O)=O.I. The number of likely N-dealkylation sites (tertiary alicyclic amines) is 1. The molecule has 0 saturated carbocycles. The summed E-state index contributed by atoms with van der Waals surface area (Å²) in [5.41, 5.74) is 0.602. The van der Waals surface area contributed by atoms with Gasteiger partial charge in [0.25, 0.3) is 0 Å². The maximum Gasteiger partial charge on any atom is 0.209 e. The summed E-state index contributed by atoms with van der Waals surface area (Å²) in [7, 11) is 0.102. The Morgan fingerprint density at radius 3 is 2.30 bits per heavy atom. The van der Waals surface area contributed by atoms with Gasteiger partial charge in [-0.2, -0.15) is 0 Å². The predicted octanol–water partition coefficient (Wildman–Crippen LogP) is 1.94. The lowest BCUT2D eigenvalue weighted by molar-refractivity contribution is 0.245. The van der Waals surface area contributed by atoms with Crippen LogP contribution in [-0.2, 0) is 10.0 Å². The van der Waals surface area contributed by atoms with E-state index in [1.807, 2.05) is 26.0 Å². The van der Waals surface area contributed by atoms with Crippen molar-refractivity contribution in [1.82, 2.24) is 20.3 Å². The number of benzene rings is 1. The number of sulfonamides is 1. The molecular formula is C20H36IN5O3S. The molecule has 0 spiro atoms. The lowest BCUT2D eigenvalue weighted by Gasteiger charge is -2.30. The second-order valence-electron chi connectivity index (χ2n) is 8.10. The van der Waals surface area contributed by atoms with Crippen LogP contribution in [0.25, 0.3) is 0 Å². The molecule has 8 nitrogen and oxygen atoms in total.